The van der Waals surface area contributed by atoms with E-state index in [1.54, 1.807) is 21.3 Å². The van der Waals surface area contributed by atoms with Crippen molar-refractivity contribution in [3.05, 3.63) is 108 Å². The van der Waals surface area contributed by atoms with Crippen LogP contribution >= 0.6 is 15.9 Å². The predicted octanol–water partition coefficient (Wildman–Crippen LogP) is 6.70. The number of rotatable bonds is 22. The molecule has 2 aliphatic heterocycles. The molecule has 2 aliphatic rings. The minimum Gasteiger partial charge on any atom is -0.374 e. The first-order valence-electron chi connectivity index (χ1n) is 20.0. The molecule has 0 aliphatic carbocycles. The molecule has 0 N–H and O–H groups in total. The van der Waals surface area contributed by atoms with Gasteiger partial charge in [0, 0.05) is 37.3 Å². The van der Waals surface area contributed by atoms with Crippen molar-refractivity contribution in [3.63, 3.8) is 0 Å². The molecule has 2 saturated heterocycles. The van der Waals surface area contributed by atoms with E-state index in [4.69, 9.17) is 56.8 Å². The smallest absolute Gasteiger partial charge is 0.187 e. The van der Waals surface area contributed by atoms with Crippen LogP contribution in [0, 0.1) is 28.1 Å². The molecular weight excluding hydrogens is 852 g/mol. The maximum Gasteiger partial charge on any atom is 0.187 e. The molecule has 10 atom stereocenters. The van der Waals surface area contributed by atoms with Crippen LogP contribution in [-0.2, 0) is 76.7 Å². The molecule has 3 aromatic rings. The standard InChI is InChI=1S/C46H59BrO12Si/c1-48-31-52-29-39-37(22-24-47)41(55-32-49-2)45(56-33-50-3)46(58-39)59-43-40(30-51-26-34-16-10-7-11-17-34)57-38(23-25-60(4,5)6)42(53-27-35-18-12-8-13-19-35)44(43)54-28-36-20-14-9-15-21-36/h7-21,37-46H,26-33H2,1-6H3/t37-,38+,39-,40-,41+,42+,43-,44-,45-,46+/m1/s1. The Morgan fingerprint density at radius 3 is 1.63 bits per heavy atom. The second kappa shape index (κ2) is 25.8. The van der Waals surface area contributed by atoms with Crippen LogP contribution in [-0.4, -0.2) is 118 Å². The summed E-state index contributed by atoms with van der Waals surface area (Å²) in [6.07, 6.45) is -7.03. The van der Waals surface area contributed by atoms with Gasteiger partial charge in [0.15, 0.2) is 6.29 Å². The Morgan fingerprint density at radius 1 is 0.550 bits per heavy atom. The van der Waals surface area contributed by atoms with E-state index < -0.39 is 69.1 Å². The second-order valence-electron chi connectivity index (χ2n) is 15.4. The third-order valence-electron chi connectivity index (χ3n) is 9.60. The first-order valence-corrected chi connectivity index (χ1v) is 24.3. The molecule has 3 aromatic carbocycles. The van der Waals surface area contributed by atoms with Crippen LogP contribution in [0.1, 0.15) is 16.7 Å². The lowest BCUT2D eigenvalue weighted by Crippen LogP contribution is -2.65. The third-order valence-corrected chi connectivity index (χ3v) is 10.7. The zero-order valence-electron chi connectivity index (χ0n) is 35.4. The molecule has 5 rings (SSSR count). The van der Waals surface area contributed by atoms with Crippen molar-refractivity contribution in [1.29, 1.82) is 0 Å². The molecule has 0 aromatic heterocycles. The molecule has 2 heterocycles. The fraction of sp³-hybridized carbons (Fsp3) is 0.522. The summed E-state index contributed by atoms with van der Waals surface area (Å²) in [5.74, 6) is 6.12. The van der Waals surface area contributed by atoms with Gasteiger partial charge >= 0.3 is 0 Å². The van der Waals surface area contributed by atoms with Crippen LogP contribution in [0.2, 0.25) is 19.6 Å². The Kier molecular flexibility index (Phi) is 20.7. The zero-order chi connectivity index (χ0) is 42.6. The largest absolute Gasteiger partial charge is 0.374 e. The number of ether oxygens (including phenoxy) is 12. The summed E-state index contributed by atoms with van der Waals surface area (Å²) in [5.41, 5.74) is 6.51. The molecule has 326 valence electrons. The van der Waals surface area contributed by atoms with Gasteiger partial charge in [-0.2, -0.15) is 0 Å². The van der Waals surface area contributed by atoms with Crippen LogP contribution in [0.3, 0.4) is 0 Å². The quantitative estimate of drug-likeness (QED) is 0.0463. The molecule has 0 amide bonds. The van der Waals surface area contributed by atoms with Gasteiger partial charge in [-0.1, -0.05) is 122 Å². The van der Waals surface area contributed by atoms with Gasteiger partial charge in [-0.3, -0.25) is 0 Å². The first kappa shape index (κ1) is 48.0. The number of benzene rings is 3. The number of methoxy groups -OCH3 is 3. The van der Waals surface area contributed by atoms with Crippen molar-refractivity contribution in [1.82, 2.24) is 0 Å². The summed E-state index contributed by atoms with van der Waals surface area (Å²) in [7, 11) is 2.77. The highest BCUT2D eigenvalue weighted by Crippen LogP contribution is 2.36. The van der Waals surface area contributed by atoms with Crippen molar-refractivity contribution in [2.75, 3.05) is 54.9 Å². The van der Waals surface area contributed by atoms with Gasteiger partial charge in [-0.15, -0.1) is 5.54 Å². The number of halogens is 1. The number of hydrogen-bond acceptors (Lipinski definition) is 12. The average molecular weight is 912 g/mol. The Bertz CT molecular complexity index is 1760. The third kappa shape index (κ3) is 15.1. The molecule has 14 heteroatoms. The second-order valence-corrected chi connectivity index (χ2v) is 20.5. The molecule has 60 heavy (non-hydrogen) atoms. The monoisotopic (exact) mass is 910 g/mol. The zero-order valence-corrected chi connectivity index (χ0v) is 38.0. The molecule has 0 bridgehead atoms. The Labute approximate surface area is 364 Å². The van der Waals surface area contributed by atoms with Crippen molar-refractivity contribution in [2.45, 2.75) is 94.6 Å². The van der Waals surface area contributed by atoms with Gasteiger partial charge in [0.1, 0.15) is 77.3 Å². The van der Waals surface area contributed by atoms with E-state index in [0.29, 0.717) is 6.61 Å². The van der Waals surface area contributed by atoms with Crippen LogP contribution in [0.25, 0.3) is 0 Å². The van der Waals surface area contributed by atoms with E-state index in [0.717, 1.165) is 16.7 Å². The molecule has 12 nitrogen and oxygen atoms in total. The van der Waals surface area contributed by atoms with E-state index in [1.807, 2.05) is 91.0 Å². The Hall–Kier alpha value is -3.00. The van der Waals surface area contributed by atoms with E-state index in [1.165, 1.54) is 0 Å². The molecule has 2 fully saturated rings. The van der Waals surface area contributed by atoms with E-state index in [9.17, 15) is 0 Å². The molecular formula is C46H59BrO12Si. The van der Waals surface area contributed by atoms with Gasteiger partial charge in [0.25, 0.3) is 0 Å². The molecule has 0 unspecified atom stereocenters. The SMILES string of the molecule is COCOC[C@H]1O[C@@H](O[C@H]2[C@H](OCc3ccccc3)[C@@H](OCc3ccccc3)[C@H](C#C[Si](C)(C)C)O[C@@H]2COCc2ccccc2)[C@H](OCOC)[C@@H](OCOC)[C@@H]1C#CBr. The van der Waals surface area contributed by atoms with Gasteiger partial charge in [-0.05, 0) is 21.5 Å². The first-order chi connectivity index (χ1) is 29.2. The lowest BCUT2D eigenvalue weighted by molar-refractivity contribution is -0.354. The lowest BCUT2D eigenvalue weighted by Gasteiger charge is -2.49. The van der Waals surface area contributed by atoms with Gasteiger partial charge in [0.2, 0.25) is 0 Å². The van der Waals surface area contributed by atoms with Gasteiger partial charge in [-0.25, -0.2) is 0 Å². The van der Waals surface area contributed by atoms with Gasteiger partial charge in [0.05, 0.1) is 39.0 Å². The highest BCUT2D eigenvalue weighted by molar-refractivity contribution is 9.12. The van der Waals surface area contributed by atoms with Crippen LogP contribution < -0.4 is 0 Å². The summed E-state index contributed by atoms with van der Waals surface area (Å²) in [6.45, 7) is 7.63. The minimum atomic E-state index is -1.88. The van der Waals surface area contributed by atoms with Crippen molar-refractivity contribution in [3.8, 4) is 22.2 Å². The average Bonchev–Trinajstić information content (AvgIpc) is 3.25. The van der Waals surface area contributed by atoms with Crippen molar-refractivity contribution < 1.29 is 56.8 Å². The molecule has 0 spiro atoms. The molecule has 0 radical (unpaired) electrons. The van der Waals surface area contributed by atoms with E-state index in [-0.39, 0.29) is 46.8 Å². The Morgan fingerprint density at radius 2 is 1.08 bits per heavy atom. The summed E-state index contributed by atoms with van der Waals surface area (Å²) in [5, 5.41) is 0. The lowest BCUT2D eigenvalue weighted by atomic mass is 9.89. The highest BCUT2D eigenvalue weighted by Gasteiger charge is 2.53. The van der Waals surface area contributed by atoms with Gasteiger partial charge < -0.3 is 56.8 Å². The topological polar surface area (TPSA) is 111 Å². The normalized spacial score (nSPS) is 26.7. The number of hydrogen-bond donors (Lipinski definition) is 0. The molecule has 0 saturated carbocycles. The predicted molar refractivity (Wildman–Crippen MR) is 231 cm³/mol. The van der Waals surface area contributed by atoms with Crippen LogP contribution in [0.5, 0.6) is 0 Å². The maximum absolute atomic E-state index is 7.19. The summed E-state index contributed by atoms with van der Waals surface area (Å²) in [4.78, 5) is 2.84. The van der Waals surface area contributed by atoms with Crippen LogP contribution in [0.15, 0.2) is 91.0 Å². The summed E-state index contributed by atoms with van der Waals surface area (Å²) in [6, 6.07) is 29.9. The maximum atomic E-state index is 7.19. The van der Waals surface area contributed by atoms with Crippen molar-refractivity contribution in [2.24, 2.45) is 5.92 Å². The fourth-order valence-electron chi connectivity index (χ4n) is 6.85. The Balaban J connectivity index is 1.60. The van der Waals surface area contributed by atoms with E-state index in [2.05, 4.69) is 57.8 Å². The van der Waals surface area contributed by atoms with E-state index >= 15 is 0 Å². The summed E-state index contributed by atoms with van der Waals surface area (Å²) < 4.78 is 75.7. The van der Waals surface area contributed by atoms with Crippen LogP contribution in [0.4, 0.5) is 0 Å². The van der Waals surface area contributed by atoms with Crippen molar-refractivity contribution >= 4 is 24.0 Å². The fourth-order valence-corrected chi connectivity index (χ4v) is 7.69. The minimum absolute atomic E-state index is 0.0417. The highest BCUT2D eigenvalue weighted by atomic mass is 79.9. The summed E-state index contributed by atoms with van der Waals surface area (Å²) >= 11 is 3.28.